The Morgan fingerprint density at radius 2 is 2.00 bits per heavy atom. The SMILES string of the molecule is CC(C)=CCCC(C)/C=C/N1CCOCC1. The van der Waals surface area contributed by atoms with Gasteiger partial charge >= 0.3 is 0 Å². The van der Waals surface area contributed by atoms with E-state index in [1.54, 1.807) is 0 Å². The number of nitrogens with zero attached hydrogens (tertiary/aromatic N) is 1. The molecule has 92 valence electrons. The van der Waals surface area contributed by atoms with Gasteiger partial charge in [0.1, 0.15) is 0 Å². The second-order valence-corrected chi connectivity index (χ2v) is 4.83. The highest BCUT2D eigenvalue weighted by Crippen LogP contribution is 2.10. The van der Waals surface area contributed by atoms with Crippen molar-refractivity contribution >= 4 is 0 Å². The summed E-state index contributed by atoms with van der Waals surface area (Å²) in [6.45, 7) is 10.4. The van der Waals surface area contributed by atoms with Crippen molar-refractivity contribution in [2.75, 3.05) is 26.3 Å². The molecule has 1 atom stereocenters. The third-order valence-electron chi connectivity index (χ3n) is 2.85. The van der Waals surface area contributed by atoms with Crippen molar-refractivity contribution in [3.8, 4) is 0 Å². The Labute approximate surface area is 100.0 Å². The average molecular weight is 223 g/mol. The van der Waals surface area contributed by atoms with Gasteiger partial charge in [-0.1, -0.05) is 24.6 Å². The van der Waals surface area contributed by atoms with E-state index in [1.807, 2.05) is 0 Å². The smallest absolute Gasteiger partial charge is 0.0642 e. The van der Waals surface area contributed by atoms with Crippen LogP contribution in [0.25, 0.3) is 0 Å². The molecule has 0 saturated carbocycles. The van der Waals surface area contributed by atoms with E-state index in [-0.39, 0.29) is 0 Å². The number of hydrogen-bond acceptors (Lipinski definition) is 2. The maximum Gasteiger partial charge on any atom is 0.0642 e. The van der Waals surface area contributed by atoms with Gasteiger partial charge in [0, 0.05) is 13.1 Å². The molecule has 0 spiro atoms. The minimum atomic E-state index is 0.665. The first-order valence-corrected chi connectivity index (χ1v) is 6.32. The Morgan fingerprint density at radius 1 is 1.31 bits per heavy atom. The zero-order valence-electron chi connectivity index (χ0n) is 10.9. The van der Waals surface area contributed by atoms with E-state index in [0.717, 1.165) is 26.3 Å². The predicted octanol–water partition coefficient (Wildman–Crippen LogP) is 3.21. The van der Waals surface area contributed by atoms with Crippen LogP contribution in [0.4, 0.5) is 0 Å². The highest BCUT2D eigenvalue weighted by atomic mass is 16.5. The molecular weight excluding hydrogens is 198 g/mol. The third kappa shape index (κ3) is 5.96. The van der Waals surface area contributed by atoms with Crippen LogP contribution in [0.15, 0.2) is 23.9 Å². The van der Waals surface area contributed by atoms with Gasteiger partial charge in [-0.3, -0.25) is 0 Å². The Bertz CT molecular complexity index is 235. The first-order valence-electron chi connectivity index (χ1n) is 6.32. The van der Waals surface area contributed by atoms with Gasteiger partial charge in [0.15, 0.2) is 0 Å². The lowest BCUT2D eigenvalue weighted by Crippen LogP contribution is -2.32. The summed E-state index contributed by atoms with van der Waals surface area (Å²) in [5.41, 5.74) is 1.42. The van der Waals surface area contributed by atoms with Crippen molar-refractivity contribution in [1.82, 2.24) is 4.90 Å². The molecule has 1 rings (SSSR count). The predicted molar refractivity (Wildman–Crippen MR) is 69.4 cm³/mol. The van der Waals surface area contributed by atoms with Crippen LogP contribution >= 0.6 is 0 Å². The van der Waals surface area contributed by atoms with Crippen molar-refractivity contribution < 1.29 is 4.74 Å². The van der Waals surface area contributed by atoms with Crippen LogP contribution < -0.4 is 0 Å². The van der Waals surface area contributed by atoms with E-state index in [9.17, 15) is 0 Å². The third-order valence-corrected chi connectivity index (χ3v) is 2.85. The molecule has 1 heterocycles. The number of allylic oxidation sites excluding steroid dienone is 3. The second kappa shape index (κ2) is 7.50. The lowest BCUT2D eigenvalue weighted by atomic mass is 10.0. The van der Waals surface area contributed by atoms with Gasteiger partial charge in [-0.2, -0.15) is 0 Å². The molecule has 1 unspecified atom stereocenters. The van der Waals surface area contributed by atoms with Gasteiger partial charge in [0.05, 0.1) is 13.2 Å². The molecule has 0 aliphatic carbocycles. The standard InChI is InChI=1S/C14H25NO/c1-13(2)5-4-6-14(3)7-8-15-9-11-16-12-10-15/h5,7-8,14H,4,6,9-12H2,1-3H3/b8-7+. The van der Waals surface area contributed by atoms with Crippen molar-refractivity contribution in [2.45, 2.75) is 33.6 Å². The molecule has 0 radical (unpaired) electrons. The van der Waals surface area contributed by atoms with E-state index < -0.39 is 0 Å². The Balaban J connectivity index is 2.19. The molecule has 1 saturated heterocycles. The van der Waals surface area contributed by atoms with Gasteiger partial charge < -0.3 is 9.64 Å². The fraction of sp³-hybridized carbons (Fsp3) is 0.714. The topological polar surface area (TPSA) is 12.5 Å². The number of rotatable bonds is 5. The van der Waals surface area contributed by atoms with Crippen LogP contribution in [0.1, 0.15) is 33.6 Å². The summed E-state index contributed by atoms with van der Waals surface area (Å²) in [5.74, 6) is 0.665. The quantitative estimate of drug-likeness (QED) is 0.664. The minimum Gasteiger partial charge on any atom is -0.378 e. The van der Waals surface area contributed by atoms with Gasteiger partial charge in [0.25, 0.3) is 0 Å². The lowest BCUT2D eigenvalue weighted by Gasteiger charge is -2.25. The molecule has 0 amide bonds. The second-order valence-electron chi connectivity index (χ2n) is 4.83. The number of ether oxygens (including phenoxy) is 1. The Kier molecular flexibility index (Phi) is 6.24. The van der Waals surface area contributed by atoms with Crippen LogP contribution in [0.5, 0.6) is 0 Å². The van der Waals surface area contributed by atoms with Crippen LogP contribution in [0.3, 0.4) is 0 Å². The first-order chi connectivity index (χ1) is 7.68. The summed E-state index contributed by atoms with van der Waals surface area (Å²) in [5, 5.41) is 0. The molecule has 0 aromatic rings. The fourth-order valence-corrected chi connectivity index (χ4v) is 1.73. The van der Waals surface area contributed by atoms with Crippen molar-refractivity contribution in [3.63, 3.8) is 0 Å². The number of hydrogen-bond donors (Lipinski definition) is 0. The van der Waals surface area contributed by atoms with E-state index in [2.05, 4.69) is 44.0 Å². The maximum atomic E-state index is 5.31. The first kappa shape index (κ1) is 13.3. The largest absolute Gasteiger partial charge is 0.378 e. The molecule has 1 aliphatic heterocycles. The summed E-state index contributed by atoms with van der Waals surface area (Å²) in [7, 11) is 0. The van der Waals surface area contributed by atoms with Crippen LogP contribution in [0, 0.1) is 5.92 Å². The van der Waals surface area contributed by atoms with Crippen molar-refractivity contribution in [3.05, 3.63) is 23.9 Å². The van der Waals surface area contributed by atoms with Crippen LogP contribution in [0.2, 0.25) is 0 Å². The van der Waals surface area contributed by atoms with Gasteiger partial charge in [0.2, 0.25) is 0 Å². The monoisotopic (exact) mass is 223 g/mol. The van der Waals surface area contributed by atoms with E-state index in [1.165, 1.54) is 18.4 Å². The number of morpholine rings is 1. The molecule has 2 nitrogen and oxygen atoms in total. The molecule has 0 aromatic heterocycles. The molecule has 16 heavy (non-hydrogen) atoms. The fourth-order valence-electron chi connectivity index (χ4n) is 1.73. The summed E-state index contributed by atoms with van der Waals surface area (Å²) in [6, 6.07) is 0. The van der Waals surface area contributed by atoms with Crippen molar-refractivity contribution in [1.29, 1.82) is 0 Å². The van der Waals surface area contributed by atoms with Gasteiger partial charge in [-0.15, -0.1) is 0 Å². The lowest BCUT2D eigenvalue weighted by molar-refractivity contribution is 0.0591. The van der Waals surface area contributed by atoms with Crippen LogP contribution in [-0.2, 0) is 4.74 Å². The van der Waals surface area contributed by atoms with Crippen molar-refractivity contribution in [2.24, 2.45) is 5.92 Å². The Hall–Kier alpha value is -0.760. The molecule has 0 aromatic carbocycles. The van der Waals surface area contributed by atoms with Gasteiger partial charge in [-0.05, 0) is 38.8 Å². The highest BCUT2D eigenvalue weighted by Gasteiger charge is 2.05. The molecule has 0 bridgehead atoms. The minimum absolute atomic E-state index is 0.665. The highest BCUT2D eigenvalue weighted by molar-refractivity contribution is 4.94. The van der Waals surface area contributed by atoms with Gasteiger partial charge in [-0.25, -0.2) is 0 Å². The maximum absolute atomic E-state index is 5.31. The zero-order chi connectivity index (χ0) is 11.8. The van der Waals surface area contributed by atoms with Crippen LogP contribution in [-0.4, -0.2) is 31.2 Å². The molecule has 0 N–H and O–H groups in total. The summed E-state index contributed by atoms with van der Waals surface area (Å²) in [6.07, 6.45) is 9.32. The molecule has 1 aliphatic rings. The average Bonchev–Trinajstić information content (AvgIpc) is 2.27. The molecular formula is C14H25NO. The normalized spacial score (nSPS) is 18.8. The van der Waals surface area contributed by atoms with E-state index >= 15 is 0 Å². The summed E-state index contributed by atoms with van der Waals surface area (Å²) >= 11 is 0. The zero-order valence-corrected chi connectivity index (χ0v) is 10.9. The summed E-state index contributed by atoms with van der Waals surface area (Å²) < 4.78 is 5.31. The van der Waals surface area contributed by atoms with E-state index in [4.69, 9.17) is 4.74 Å². The Morgan fingerprint density at radius 3 is 2.62 bits per heavy atom. The summed E-state index contributed by atoms with van der Waals surface area (Å²) in [4.78, 5) is 2.35. The molecule has 2 heteroatoms. The van der Waals surface area contributed by atoms with E-state index in [0.29, 0.717) is 5.92 Å². The molecule has 1 fully saturated rings.